The van der Waals surface area contributed by atoms with E-state index in [0.29, 0.717) is 23.1 Å². The molecule has 0 aliphatic rings. The molecule has 0 aromatic heterocycles. The zero-order valence-corrected chi connectivity index (χ0v) is 12.5. The van der Waals surface area contributed by atoms with E-state index >= 15 is 0 Å². The zero-order chi connectivity index (χ0) is 15.4. The summed E-state index contributed by atoms with van der Waals surface area (Å²) < 4.78 is 26.5. The molecule has 0 spiro atoms. The summed E-state index contributed by atoms with van der Waals surface area (Å²) in [5, 5.41) is 12.0. The van der Waals surface area contributed by atoms with E-state index in [-0.39, 0.29) is 5.56 Å². The number of carboxylic acids is 1. The Bertz CT molecular complexity index is 677. The van der Waals surface area contributed by atoms with Crippen molar-refractivity contribution in [3.05, 3.63) is 69.2 Å². The van der Waals surface area contributed by atoms with E-state index in [9.17, 15) is 13.6 Å². The summed E-state index contributed by atoms with van der Waals surface area (Å²) in [6.07, 6.45) is 0. The standard InChI is InChI=1S/C15H12BrF2NO2/c16-12-6-10(15(20)21)2-3-11(12)8-19-7-9-1-4-13(17)14(18)5-9/h1-6,19H,7-8H2,(H,20,21). The summed E-state index contributed by atoms with van der Waals surface area (Å²) in [6, 6.07) is 8.48. The number of nitrogens with one attached hydrogen (secondary N) is 1. The maximum Gasteiger partial charge on any atom is 0.335 e. The fourth-order valence-electron chi connectivity index (χ4n) is 1.81. The Morgan fingerprint density at radius 1 is 1.10 bits per heavy atom. The van der Waals surface area contributed by atoms with Crippen LogP contribution < -0.4 is 5.32 Å². The van der Waals surface area contributed by atoms with Crippen LogP contribution in [0.25, 0.3) is 0 Å². The monoisotopic (exact) mass is 355 g/mol. The van der Waals surface area contributed by atoms with Gasteiger partial charge in [0.05, 0.1) is 5.56 Å². The third-order valence-electron chi connectivity index (χ3n) is 2.93. The van der Waals surface area contributed by atoms with Crippen LogP contribution in [0.15, 0.2) is 40.9 Å². The fourth-order valence-corrected chi connectivity index (χ4v) is 2.33. The first-order valence-electron chi connectivity index (χ1n) is 6.13. The molecule has 0 radical (unpaired) electrons. The largest absolute Gasteiger partial charge is 0.478 e. The molecule has 110 valence electrons. The van der Waals surface area contributed by atoms with Crippen LogP contribution in [0.2, 0.25) is 0 Å². The van der Waals surface area contributed by atoms with Gasteiger partial charge in [-0.25, -0.2) is 13.6 Å². The number of hydrogen-bond acceptors (Lipinski definition) is 2. The van der Waals surface area contributed by atoms with Gasteiger partial charge in [0, 0.05) is 17.6 Å². The molecule has 2 aromatic carbocycles. The second-order valence-electron chi connectivity index (χ2n) is 4.46. The molecular formula is C15H12BrF2NO2. The first-order valence-corrected chi connectivity index (χ1v) is 6.93. The number of carbonyl (C=O) groups is 1. The van der Waals surface area contributed by atoms with Crippen molar-refractivity contribution in [1.29, 1.82) is 0 Å². The molecule has 0 saturated carbocycles. The third kappa shape index (κ3) is 4.09. The van der Waals surface area contributed by atoms with Crippen LogP contribution in [0, 0.1) is 11.6 Å². The van der Waals surface area contributed by atoms with Crippen molar-refractivity contribution in [3.8, 4) is 0 Å². The van der Waals surface area contributed by atoms with Gasteiger partial charge in [0.25, 0.3) is 0 Å². The van der Waals surface area contributed by atoms with Crippen molar-refractivity contribution in [3.63, 3.8) is 0 Å². The number of carboxylic acid groups (broad SMARTS) is 1. The van der Waals surface area contributed by atoms with Gasteiger partial charge in [-0.3, -0.25) is 0 Å². The van der Waals surface area contributed by atoms with Crippen molar-refractivity contribution in [1.82, 2.24) is 5.32 Å². The average Bonchev–Trinajstić information content (AvgIpc) is 2.44. The van der Waals surface area contributed by atoms with Gasteiger partial charge in [-0.1, -0.05) is 28.1 Å². The van der Waals surface area contributed by atoms with Crippen LogP contribution in [-0.4, -0.2) is 11.1 Å². The SMILES string of the molecule is O=C(O)c1ccc(CNCc2ccc(F)c(F)c2)c(Br)c1. The third-order valence-corrected chi connectivity index (χ3v) is 3.67. The van der Waals surface area contributed by atoms with Crippen molar-refractivity contribution < 1.29 is 18.7 Å². The van der Waals surface area contributed by atoms with Crippen LogP contribution in [0.5, 0.6) is 0 Å². The number of benzene rings is 2. The molecule has 0 aliphatic carbocycles. The molecule has 3 nitrogen and oxygen atoms in total. The van der Waals surface area contributed by atoms with E-state index < -0.39 is 17.6 Å². The van der Waals surface area contributed by atoms with Gasteiger partial charge in [-0.15, -0.1) is 0 Å². The van der Waals surface area contributed by atoms with Gasteiger partial charge in [0.1, 0.15) is 0 Å². The summed E-state index contributed by atoms with van der Waals surface area (Å²) in [4.78, 5) is 10.8. The van der Waals surface area contributed by atoms with Gasteiger partial charge in [-0.2, -0.15) is 0 Å². The van der Waals surface area contributed by atoms with Gasteiger partial charge in [0.15, 0.2) is 11.6 Å². The van der Waals surface area contributed by atoms with E-state index in [2.05, 4.69) is 21.2 Å². The molecule has 0 saturated heterocycles. The lowest BCUT2D eigenvalue weighted by Crippen LogP contribution is -2.13. The second kappa shape index (κ2) is 6.78. The normalized spacial score (nSPS) is 10.6. The summed E-state index contributed by atoms with van der Waals surface area (Å²) >= 11 is 3.31. The van der Waals surface area contributed by atoms with E-state index in [4.69, 9.17) is 5.11 Å². The smallest absolute Gasteiger partial charge is 0.335 e. The van der Waals surface area contributed by atoms with Crippen molar-refractivity contribution in [2.45, 2.75) is 13.1 Å². The molecule has 0 fully saturated rings. The highest BCUT2D eigenvalue weighted by molar-refractivity contribution is 9.10. The Kier molecular flexibility index (Phi) is 5.03. The van der Waals surface area contributed by atoms with Crippen molar-refractivity contribution in [2.75, 3.05) is 0 Å². The summed E-state index contributed by atoms with van der Waals surface area (Å²) in [6.45, 7) is 0.851. The van der Waals surface area contributed by atoms with Crippen molar-refractivity contribution in [2.24, 2.45) is 0 Å². The van der Waals surface area contributed by atoms with Gasteiger partial charge in [-0.05, 0) is 35.4 Å². The number of aromatic carboxylic acids is 1. The highest BCUT2D eigenvalue weighted by atomic mass is 79.9. The zero-order valence-electron chi connectivity index (χ0n) is 10.9. The quantitative estimate of drug-likeness (QED) is 0.859. The van der Waals surface area contributed by atoms with Gasteiger partial charge >= 0.3 is 5.97 Å². The summed E-state index contributed by atoms with van der Waals surface area (Å²) in [5.41, 5.74) is 1.71. The lowest BCUT2D eigenvalue weighted by Gasteiger charge is -2.08. The predicted octanol–water partition coefficient (Wildman–Crippen LogP) is 3.72. The number of rotatable bonds is 5. The predicted molar refractivity (Wildman–Crippen MR) is 78.0 cm³/mol. The molecule has 0 unspecified atom stereocenters. The summed E-state index contributed by atoms with van der Waals surface area (Å²) in [7, 11) is 0. The first-order chi connectivity index (χ1) is 9.97. The molecule has 2 rings (SSSR count). The molecule has 0 atom stereocenters. The molecular weight excluding hydrogens is 344 g/mol. The van der Waals surface area contributed by atoms with Gasteiger partial charge < -0.3 is 10.4 Å². The molecule has 21 heavy (non-hydrogen) atoms. The van der Waals surface area contributed by atoms with Crippen LogP contribution in [-0.2, 0) is 13.1 Å². The van der Waals surface area contributed by atoms with Crippen molar-refractivity contribution >= 4 is 21.9 Å². The molecule has 2 N–H and O–H groups in total. The number of halogens is 3. The van der Waals surface area contributed by atoms with Crippen LogP contribution >= 0.6 is 15.9 Å². The lowest BCUT2D eigenvalue weighted by molar-refractivity contribution is 0.0697. The Morgan fingerprint density at radius 2 is 1.86 bits per heavy atom. The molecule has 0 aliphatic heterocycles. The fraction of sp³-hybridized carbons (Fsp3) is 0.133. The Balaban J connectivity index is 1.97. The van der Waals surface area contributed by atoms with E-state index in [1.807, 2.05) is 0 Å². The van der Waals surface area contributed by atoms with Crippen LogP contribution in [0.3, 0.4) is 0 Å². The minimum Gasteiger partial charge on any atom is -0.478 e. The minimum absolute atomic E-state index is 0.200. The summed E-state index contributed by atoms with van der Waals surface area (Å²) in [5.74, 6) is -2.73. The Hall–Kier alpha value is -1.79. The highest BCUT2D eigenvalue weighted by Gasteiger charge is 2.07. The lowest BCUT2D eigenvalue weighted by atomic mass is 10.1. The highest BCUT2D eigenvalue weighted by Crippen LogP contribution is 2.19. The molecule has 2 aromatic rings. The molecule has 0 amide bonds. The molecule has 6 heteroatoms. The Labute approximate surface area is 128 Å². The second-order valence-corrected chi connectivity index (χ2v) is 5.32. The van der Waals surface area contributed by atoms with E-state index in [1.165, 1.54) is 18.2 Å². The molecule has 0 heterocycles. The maximum atomic E-state index is 13.0. The average molecular weight is 356 g/mol. The Morgan fingerprint density at radius 3 is 2.48 bits per heavy atom. The first kappa shape index (κ1) is 15.6. The minimum atomic E-state index is -0.989. The van der Waals surface area contributed by atoms with E-state index in [1.54, 1.807) is 6.07 Å². The van der Waals surface area contributed by atoms with Gasteiger partial charge in [0.2, 0.25) is 0 Å². The van der Waals surface area contributed by atoms with E-state index in [0.717, 1.165) is 17.7 Å². The molecule has 0 bridgehead atoms. The van der Waals surface area contributed by atoms with Crippen LogP contribution in [0.1, 0.15) is 21.5 Å². The number of hydrogen-bond donors (Lipinski definition) is 2. The topological polar surface area (TPSA) is 49.3 Å². The van der Waals surface area contributed by atoms with Crippen LogP contribution in [0.4, 0.5) is 8.78 Å². The maximum absolute atomic E-state index is 13.0.